The molecule has 68 valence electrons. The summed E-state index contributed by atoms with van der Waals surface area (Å²) in [6.45, 7) is 4.40. The van der Waals surface area contributed by atoms with Crippen LogP contribution in [0.4, 0.5) is 4.39 Å². The molecule has 0 rings (SSSR count). The highest BCUT2D eigenvalue weighted by atomic mass is 19.1. The highest BCUT2D eigenvalue weighted by Gasteiger charge is 2.17. The quantitative estimate of drug-likeness (QED) is 0.472. The van der Waals surface area contributed by atoms with Crippen LogP contribution in [-0.2, 0) is 14.3 Å². The molecule has 0 bridgehead atoms. The number of hydrogen-bond donors (Lipinski definition) is 0. The average Bonchev–Trinajstić information content (AvgIpc) is 2.02. The molecule has 0 aliphatic heterocycles. The molecule has 12 heavy (non-hydrogen) atoms. The summed E-state index contributed by atoms with van der Waals surface area (Å²) in [5.74, 6) is -1.29. The van der Waals surface area contributed by atoms with Gasteiger partial charge in [0.05, 0.1) is 7.11 Å². The number of carbonyl (C=O) groups excluding carboxylic acids is 2. The Labute approximate surface area is 70.2 Å². The summed E-state index contributed by atoms with van der Waals surface area (Å²) in [5.41, 5.74) is -0.0276. The molecular weight excluding hydrogens is 163 g/mol. The molecule has 0 aromatic rings. The number of methoxy groups -OCH3 is 1. The normalized spacial score (nSPS) is 11.9. The summed E-state index contributed by atoms with van der Waals surface area (Å²) in [6, 6.07) is 0. The number of carbonyl (C=O) groups is 2. The number of hydrogen-bond acceptors (Lipinski definition) is 3. The maximum atomic E-state index is 12.7. The summed E-state index contributed by atoms with van der Waals surface area (Å²) in [7, 11) is 1.18. The van der Waals surface area contributed by atoms with E-state index in [0.29, 0.717) is 0 Å². The summed E-state index contributed by atoms with van der Waals surface area (Å²) in [5, 5.41) is 0. The molecule has 0 N–H and O–H groups in total. The van der Waals surface area contributed by atoms with Crippen molar-refractivity contribution in [2.75, 3.05) is 7.11 Å². The van der Waals surface area contributed by atoms with Crippen molar-refractivity contribution in [2.24, 2.45) is 0 Å². The molecule has 1 atom stereocenters. The predicted molar refractivity (Wildman–Crippen MR) is 41.4 cm³/mol. The topological polar surface area (TPSA) is 43.4 Å². The Morgan fingerprint density at radius 2 is 2.08 bits per heavy atom. The van der Waals surface area contributed by atoms with Crippen molar-refractivity contribution in [1.82, 2.24) is 0 Å². The van der Waals surface area contributed by atoms with Gasteiger partial charge in [-0.15, -0.1) is 0 Å². The first kappa shape index (κ1) is 10.8. The maximum absolute atomic E-state index is 12.7. The number of ether oxygens (including phenoxy) is 1. The zero-order valence-electron chi connectivity index (χ0n) is 7.09. The van der Waals surface area contributed by atoms with E-state index >= 15 is 0 Å². The molecule has 0 fully saturated rings. The third-order valence-corrected chi connectivity index (χ3v) is 1.34. The van der Waals surface area contributed by atoms with Crippen LogP contribution in [0.15, 0.2) is 12.2 Å². The van der Waals surface area contributed by atoms with Crippen molar-refractivity contribution in [1.29, 1.82) is 0 Å². The van der Waals surface area contributed by atoms with E-state index in [0.717, 1.165) is 6.92 Å². The molecule has 0 aromatic carbocycles. The van der Waals surface area contributed by atoms with Crippen LogP contribution in [0.1, 0.15) is 13.3 Å². The molecular formula is C8H11FO3. The first-order chi connectivity index (χ1) is 5.49. The SMILES string of the molecule is C=C(C[C@H](F)C(C)=O)C(=O)OC. The van der Waals surface area contributed by atoms with E-state index in [2.05, 4.69) is 11.3 Å². The second-order valence-corrected chi connectivity index (χ2v) is 2.38. The van der Waals surface area contributed by atoms with Crippen molar-refractivity contribution in [3.8, 4) is 0 Å². The molecule has 0 heterocycles. The third kappa shape index (κ3) is 3.27. The lowest BCUT2D eigenvalue weighted by atomic mass is 10.1. The molecule has 0 spiro atoms. The second kappa shape index (κ2) is 4.64. The predicted octanol–water partition coefficient (Wildman–Crippen LogP) is 1.03. The smallest absolute Gasteiger partial charge is 0.333 e. The van der Waals surface area contributed by atoms with Crippen LogP contribution in [-0.4, -0.2) is 25.0 Å². The van der Waals surface area contributed by atoms with Gasteiger partial charge in [-0.25, -0.2) is 9.18 Å². The molecule has 0 saturated carbocycles. The van der Waals surface area contributed by atoms with E-state index in [4.69, 9.17) is 0 Å². The first-order valence-corrected chi connectivity index (χ1v) is 3.39. The van der Waals surface area contributed by atoms with Crippen molar-refractivity contribution >= 4 is 11.8 Å². The van der Waals surface area contributed by atoms with Gasteiger partial charge in [0.15, 0.2) is 12.0 Å². The summed E-state index contributed by atoms with van der Waals surface area (Å²) >= 11 is 0. The zero-order chi connectivity index (χ0) is 9.72. The lowest BCUT2D eigenvalue weighted by Crippen LogP contribution is -2.15. The lowest BCUT2D eigenvalue weighted by Gasteiger charge is -2.04. The first-order valence-electron chi connectivity index (χ1n) is 3.39. The number of ketones is 1. The van der Waals surface area contributed by atoms with Gasteiger partial charge >= 0.3 is 5.97 Å². The maximum Gasteiger partial charge on any atom is 0.333 e. The summed E-state index contributed by atoms with van der Waals surface area (Å²) < 4.78 is 16.9. The molecule has 0 aromatic heterocycles. The van der Waals surface area contributed by atoms with Gasteiger partial charge in [-0.05, 0) is 6.92 Å². The Morgan fingerprint density at radius 3 is 2.42 bits per heavy atom. The number of alkyl halides is 1. The minimum Gasteiger partial charge on any atom is -0.466 e. The van der Waals surface area contributed by atoms with E-state index in [1.165, 1.54) is 7.11 Å². The fourth-order valence-electron chi connectivity index (χ4n) is 0.588. The fraction of sp³-hybridized carbons (Fsp3) is 0.500. The van der Waals surface area contributed by atoms with Gasteiger partial charge in [0.25, 0.3) is 0 Å². The second-order valence-electron chi connectivity index (χ2n) is 2.38. The van der Waals surface area contributed by atoms with Crippen molar-refractivity contribution in [3.63, 3.8) is 0 Å². The molecule has 0 aliphatic carbocycles. The van der Waals surface area contributed by atoms with Gasteiger partial charge in [-0.2, -0.15) is 0 Å². The fourth-order valence-corrected chi connectivity index (χ4v) is 0.588. The molecule has 4 heteroatoms. The molecule has 0 amide bonds. The molecule has 0 radical (unpaired) electrons. The lowest BCUT2D eigenvalue weighted by molar-refractivity contribution is -0.136. The Hall–Kier alpha value is -1.19. The van der Waals surface area contributed by atoms with Crippen molar-refractivity contribution < 1.29 is 18.7 Å². The van der Waals surface area contributed by atoms with Crippen molar-refractivity contribution in [3.05, 3.63) is 12.2 Å². The number of esters is 1. The van der Waals surface area contributed by atoms with Crippen LogP contribution >= 0.6 is 0 Å². The summed E-state index contributed by atoms with van der Waals surface area (Å²) in [4.78, 5) is 21.1. The van der Waals surface area contributed by atoms with Gasteiger partial charge in [-0.1, -0.05) is 6.58 Å². The number of Topliss-reactive ketones (excluding diaryl/α,β-unsaturated/α-hetero) is 1. The van der Waals surface area contributed by atoms with Gasteiger partial charge in [0, 0.05) is 12.0 Å². The van der Waals surface area contributed by atoms with Crippen LogP contribution in [0.25, 0.3) is 0 Å². The van der Waals surface area contributed by atoms with Gasteiger partial charge in [0.2, 0.25) is 0 Å². The van der Waals surface area contributed by atoms with E-state index in [9.17, 15) is 14.0 Å². The molecule has 3 nitrogen and oxygen atoms in total. The standard InChI is InChI=1S/C8H11FO3/c1-5(8(11)12-3)4-7(9)6(2)10/h7H,1,4H2,2-3H3/t7-/m0/s1. The molecule has 0 unspecified atom stereocenters. The molecule has 0 saturated heterocycles. The van der Waals surface area contributed by atoms with Crippen LogP contribution in [0.5, 0.6) is 0 Å². The zero-order valence-corrected chi connectivity index (χ0v) is 7.09. The van der Waals surface area contributed by atoms with Crippen molar-refractivity contribution in [2.45, 2.75) is 19.5 Å². The monoisotopic (exact) mass is 174 g/mol. The van der Waals surface area contributed by atoms with Gasteiger partial charge in [-0.3, -0.25) is 4.79 Å². The van der Waals surface area contributed by atoms with Gasteiger partial charge in [0.1, 0.15) is 0 Å². The van der Waals surface area contributed by atoms with Crippen LogP contribution in [0.3, 0.4) is 0 Å². The van der Waals surface area contributed by atoms with E-state index in [1.807, 2.05) is 0 Å². The minimum absolute atomic E-state index is 0.0276. The highest BCUT2D eigenvalue weighted by molar-refractivity contribution is 5.89. The largest absolute Gasteiger partial charge is 0.466 e. The number of halogens is 1. The van der Waals surface area contributed by atoms with Gasteiger partial charge < -0.3 is 4.74 Å². The molecule has 0 aliphatic rings. The van der Waals surface area contributed by atoms with Crippen LogP contribution in [0, 0.1) is 0 Å². The highest BCUT2D eigenvalue weighted by Crippen LogP contribution is 2.08. The van der Waals surface area contributed by atoms with Crippen LogP contribution < -0.4 is 0 Å². The Morgan fingerprint density at radius 1 is 1.58 bits per heavy atom. The Kier molecular flexibility index (Phi) is 4.18. The summed E-state index contributed by atoms with van der Waals surface area (Å²) in [6.07, 6.45) is -1.95. The van der Waals surface area contributed by atoms with Crippen LogP contribution in [0.2, 0.25) is 0 Å². The number of rotatable bonds is 4. The van der Waals surface area contributed by atoms with E-state index < -0.39 is 17.9 Å². The minimum atomic E-state index is -1.66. The Balaban J connectivity index is 4.01. The Bertz CT molecular complexity index is 210. The average molecular weight is 174 g/mol. The van der Waals surface area contributed by atoms with E-state index in [1.54, 1.807) is 0 Å². The third-order valence-electron chi connectivity index (χ3n) is 1.34. The van der Waals surface area contributed by atoms with E-state index in [-0.39, 0.29) is 12.0 Å².